The summed E-state index contributed by atoms with van der Waals surface area (Å²) in [6, 6.07) is 17.7. The zero-order chi connectivity index (χ0) is 28.1. The topological polar surface area (TPSA) is 81.7 Å². The van der Waals surface area contributed by atoms with Crippen molar-refractivity contribution < 1.29 is 22.7 Å². The van der Waals surface area contributed by atoms with Gasteiger partial charge in [0.05, 0.1) is 18.6 Å². The first-order valence-electron chi connectivity index (χ1n) is 13.0. The Balaban J connectivity index is 1.97. The van der Waals surface area contributed by atoms with Gasteiger partial charge in [0, 0.05) is 11.1 Å². The molecule has 0 aliphatic rings. The van der Waals surface area contributed by atoms with Crippen molar-refractivity contribution in [3.63, 3.8) is 0 Å². The number of methoxy groups -OCH3 is 1. The van der Waals surface area contributed by atoms with Gasteiger partial charge in [-0.3, -0.25) is 4.79 Å². The number of hydrogen-bond acceptors (Lipinski definition) is 5. The lowest BCUT2D eigenvalue weighted by Gasteiger charge is -2.19. The van der Waals surface area contributed by atoms with Crippen LogP contribution in [-0.2, 0) is 21.9 Å². The largest absolute Gasteiger partial charge is 0.497 e. The molecule has 0 fully saturated rings. The third-order valence-corrected chi connectivity index (χ3v) is 7.54. The number of benzene rings is 3. The first-order valence-corrected chi connectivity index (χ1v) is 14.5. The first kappa shape index (κ1) is 29.2. The van der Waals surface area contributed by atoms with Crippen LogP contribution in [0.25, 0.3) is 11.1 Å². The summed E-state index contributed by atoms with van der Waals surface area (Å²) in [5.74, 6) is 1.01. The van der Waals surface area contributed by atoms with Gasteiger partial charge in [0.25, 0.3) is 15.9 Å². The van der Waals surface area contributed by atoms with Gasteiger partial charge < -0.3 is 9.47 Å². The summed E-state index contributed by atoms with van der Waals surface area (Å²) >= 11 is 0. The van der Waals surface area contributed by atoms with E-state index in [1.807, 2.05) is 37.3 Å². The Bertz CT molecular complexity index is 1370. The number of hydrogen-bond donors (Lipinski definition) is 1. The lowest BCUT2D eigenvalue weighted by Crippen LogP contribution is -2.31. The van der Waals surface area contributed by atoms with Crippen molar-refractivity contribution >= 4 is 15.9 Å². The van der Waals surface area contributed by atoms with E-state index in [0.717, 1.165) is 34.4 Å². The van der Waals surface area contributed by atoms with Crippen LogP contribution in [0.3, 0.4) is 0 Å². The molecule has 1 N–H and O–H groups in total. The zero-order valence-corrected chi connectivity index (χ0v) is 24.2. The third kappa shape index (κ3) is 7.16. The second kappa shape index (κ2) is 12.0. The smallest absolute Gasteiger partial charge is 0.265 e. The standard InChI is InChI=1S/C31H39NO5S/c1-8-17-37-29-16-12-25(36-7)20-28(29)22-9-15-27(23(19-22)18-21(2)3)30(33)32-38(34,35)26-13-10-24(11-14-26)31(4,5)6/h9-16,19-21H,8,17-18H2,1-7H3,(H,32,33). The Morgan fingerprint density at radius 2 is 1.66 bits per heavy atom. The van der Waals surface area contributed by atoms with Gasteiger partial charge in [0.2, 0.25) is 0 Å². The van der Waals surface area contributed by atoms with Crippen molar-refractivity contribution in [3.8, 4) is 22.6 Å². The molecule has 204 valence electrons. The maximum atomic E-state index is 13.3. The number of carbonyl (C=O) groups is 1. The van der Waals surface area contributed by atoms with E-state index in [0.29, 0.717) is 24.3 Å². The van der Waals surface area contributed by atoms with Gasteiger partial charge in [0.1, 0.15) is 11.5 Å². The highest BCUT2D eigenvalue weighted by molar-refractivity contribution is 7.90. The molecule has 0 heterocycles. The number of rotatable bonds is 10. The number of ether oxygens (including phenoxy) is 2. The molecule has 3 rings (SSSR count). The van der Waals surface area contributed by atoms with E-state index in [-0.39, 0.29) is 16.2 Å². The number of sulfonamides is 1. The highest BCUT2D eigenvalue weighted by Gasteiger charge is 2.23. The summed E-state index contributed by atoms with van der Waals surface area (Å²) < 4.78 is 39.8. The van der Waals surface area contributed by atoms with Crippen LogP contribution in [0.4, 0.5) is 0 Å². The first-order chi connectivity index (χ1) is 17.9. The van der Waals surface area contributed by atoms with Crippen molar-refractivity contribution in [2.45, 2.75) is 64.7 Å². The maximum Gasteiger partial charge on any atom is 0.265 e. The zero-order valence-electron chi connectivity index (χ0n) is 23.4. The third-order valence-electron chi connectivity index (χ3n) is 6.20. The monoisotopic (exact) mass is 537 g/mol. The van der Waals surface area contributed by atoms with E-state index in [1.54, 1.807) is 25.3 Å². The fourth-order valence-corrected chi connectivity index (χ4v) is 5.13. The van der Waals surface area contributed by atoms with Gasteiger partial charge in [-0.15, -0.1) is 0 Å². The predicted molar refractivity (Wildman–Crippen MR) is 153 cm³/mol. The molecule has 0 spiro atoms. The van der Waals surface area contributed by atoms with E-state index in [2.05, 4.69) is 39.3 Å². The summed E-state index contributed by atoms with van der Waals surface area (Å²) in [5, 5.41) is 0. The Morgan fingerprint density at radius 3 is 2.24 bits per heavy atom. The van der Waals surface area contributed by atoms with Gasteiger partial charge in [0.15, 0.2) is 0 Å². The van der Waals surface area contributed by atoms with E-state index < -0.39 is 15.9 Å². The van der Waals surface area contributed by atoms with Crippen molar-refractivity contribution in [1.29, 1.82) is 0 Å². The summed E-state index contributed by atoms with van der Waals surface area (Å²) in [6.45, 7) is 12.9. The van der Waals surface area contributed by atoms with Crippen molar-refractivity contribution in [2.75, 3.05) is 13.7 Å². The Hall–Kier alpha value is -3.32. The summed E-state index contributed by atoms with van der Waals surface area (Å²) in [5.41, 5.74) is 3.71. The molecule has 0 bridgehead atoms. The van der Waals surface area contributed by atoms with E-state index in [1.165, 1.54) is 12.1 Å². The van der Waals surface area contributed by atoms with Crippen LogP contribution in [0.5, 0.6) is 11.5 Å². The molecular weight excluding hydrogens is 498 g/mol. The molecule has 0 aliphatic heterocycles. The number of nitrogens with one attached hydrogen (secondary N) is 1. The van der Waals surface area contributed by atoms with Crippen LogP contribution in [0, 0.1) is 5.92 Å². The molecule has 0 unspecified atom stereocenters. The normalized spacial score (nSPS) is 11.9. The minimum absolute atomic E-state index is 0.0509. The van der Waals surface area contributed by atoms with Crippen LogP contribution in [0.2, 0.25) is 0 Å². The van der Waals surface area contributed by atoms with Crippen LogP contribution >= 0.6 is 0 Å². The van der Waals surface area contributed by atoms with Crippen molar-refractivity contribution in [3.05, 3.63) is 77.4 Å². The Labute approximate surface area is 227 Å². The Kier molecular flexibility index (Phi) is 9.26. The molecule has 7 heteroatoms. The van der Waals surface area contributed by atoms with E-state index in [4.69, 9.17) is 9.47 Å². The SMILES string of the molecule is CCCOc1ccc(OC)cc1-c1ccc(C(=O)NS(=O)(=O)c2ccc(C(C)(C)C)cc2)c(CC(C)C)c1. The fraction of sp³-hybridized carbons (Fsp3) is 0.387. The molecule has 0 atom stereocenters. The van der Waals surface area contributed by atoms with Crippen molar-refractivity contribution in [2.24, 2.45) is 5.92 Å². The summed E-state index contributed by atoms with van der Waals surface area (Å²) in [6.07, 6.45) is 1.47. The lowest BCUT2D eigenvalue weighted by molar-refractivity contribution is 0.0980. The summed E-state index contributed by atoms with van der Waals surface area (Å²) in [7, 11) is -2.43. The van der Waals surface area contributed by atoms with Crippen LogP contribution in [0.1, 0.15) is 69.4 Å². The minimum Gasteiger partial charge on any atom is -0.497 e. The fourth-order valence-electron chi connectivity index (χ4n) is 4.16. The summed E-state index contributed by atoms with van der Waals surface area (Å²) in [4.78, 5) is 13.3. The van der Waals surface area contributed by atoms with Gasteiger partial charge in [-0.2, -0.15) is 0 Å². The van der Waals surface area contributed by atoms with Gasteiger partial charge >= 0.3 is 0 Å². The van der Waals surface area contributed by atoms with Crippen LogP contribution in [-0.4, -0.2) is 28.0 Å². The van der Waals surface area contributed by atoms with E-state index >= 15 is 0 Å². The highest BCUT2D eigenvalue weighted by Crippen LogP contribution is 2.35. The van der Waals surface area contributed by atoms with Crippen LogP contribution < -0.4 is 14.2 Å². The molecule has 1 amide bonds. The number of amides is 1. The molecule has 6 nitrogen and oxygen atoms in total. The lowest BCUT2D eigenvalue weighted by atomic mass is 9.87. The predicted octanol–water partition coefficient (Wildman–Crippen LogP) is 6.77. The molecule has 38 heavy (non-hydrogen) atoms. The minimum atomic E-state index is -4.04. The molecule has 0 radical (unpaired) electrons. The second-order valence-electron chi connectivity index (χ2n) is 10.9. The molecule has 0 saturated carbocycles. The van der Waals surface area contributed by atoms with Crippen molar-refractivity contribution in [1.82, 2.24) is 4.72 Å². The molecule has 0 saturated heterocycles. The van der Waals surface area contributed by atoms with Gasteiger partial charge in [-0.25, -0.2) is 13.1 Å². The average molecular weight is 538 g/mol. The Morgan fingerprint density at radius 1 is 0.974 bits per heavy atom. The van der Waals surface area contributed by atoms with E-state index in [9.17, 15) is 13.2 Å². The molecular formula is C31H39NO5S. The molecule has 0 aromatic heterocycles. The maximum absolute atomic E-state index is 13.3. The average Bonchev–Trinajstić information content (AvgIpc) is 2.86. The quantitative estimate of drug-likeness (QED) is 0.309. The molecule has 0 aliphatic carbocycles. The van der Waals surface area contributed by atoms with Gasteiger partial charge in [-0.1, -0.05) is 65.8 Å². The molecule has 3 aromatic carbocycles. The highest BCUT2D eigenvalue weighted by atomic mass is 32.2. The van der Waals surface area contributed by atoms with Crippen LogP contribution in [0.15, 0.2) is 65.6 Å². The molecule has 3 aromatic rings. The number of carbonyl (C=O) groups excluding carboxylic acids is 1. The van der Waals surface area contributed by atoms with Gasteiger partial charge in [-0.05, 0) is 77.3 Å². The second-order valence-corrected chi connectivity index (χ2v) is 12.6.